The molecule has 1 aliphatic heterocycles. The van der Waals surface area contributed by atoms with Crippen LogP contribution in [0.1, 0.15) is 24.5 Å². The predicted octanol–water partition coefficient (Wildman–Crippen LogP) is 2.53. The summed E-state index contributed by atoms with van der Waals surface area (Å²) in [6, 6.07) is 11.3. The van der Waals surface area contributed by atoms with E-state index in [0.29, 0.717) is 16.8 Å². The summed E-state index contributed by atoms with van der Waals surface area (Å²) >= 11 is 0. The molecule has 2 aromatic rings. The Hall–Kier alpha value is -3.99. The first kappa shape index (κ1) is 21.7. The van der Waals surface area contributed by atoms with Crippen LogP contribution in [0, 0.1) is 10.1 Å². The van der Waals surface area contributed by atoms with Crippen LogP contribution in [0.5, 0.6) is 0 Å². The normalized spacial score (nSPS) is 19.8. The number of hydrogen-bond acceptors (Lipinski definition) is 6. The first-order valence-corrected chi connectivity index (χ1v) is 9.25. The van der Waals surface area contributed by atoms with Crippen LogP contribution < -0.4 is 10.6 Å². The van der Waals surface area contributed by atoms with Crippen LogP contribution in [-0.2, 0) is 16.9 Å². The van der Waals surface area contributed by atoms with E-state index >= 15 is 0 Å². The van der Waals surface area contributed by atoms with Crippen LogP contribution in [-0.4, -0.2) is 45.0 Å². The third-order valence-electron chi connectivity index (χ3n) is 5.01. The molecule has 1 aliphatic rings. The van der Waals surface area contributed by atoms with Crippen molar-refractivity contribution in [2.75, 3.05) is 12.4 Å². The Kier molecular flexibility index (Phi) is 5.88. The first-order chi connectivity index (χ1) is 14.6. The second kappa shape index (κ2) is 8.40. The fourth-order valence-corrected chi connectivity index (χ4v) is 3.31. The monoisotopic (exact) mass is 427 g/mol. The van der Waals surface area contributed by atoms with E-state index < -0.39 is 16.6 Å². The lowest BCUT2D eigenvalue weighted by Crippen LogP contribution is -2.58. The van der Waals surface area contributed by atoms with Gasteiger partial charge in [0.15, 0.2) is 0 Å². The first-order valence-electron chi connectivity index (χ1n) is 9.25. The number of carbonyl (C=O) groups is 2. The van der Waals surface area contributed by atoms with Gasteiger partial charge in [-0.2, -0.15) is 0 Å². The molecule has 0 spiro atoms. The Labute approximate surface area is 177 Å². The maximum absolute atomic E-state index is 12.4. The van der Waals surface area contributed by atoms with Gasteiger partial charge in [-0.15, -0.1) is 4.99 Å². The van der Waals surface area contributed by atoms with E-state index in [4.69, 9.17) is 5.11 Å². The molecule has 0 unspecified atom stereocenters. The highest BCUT2D eigenvalue weighted by molar-refractivity contribution is 6.03. The van der Waals surface area contributed by atoms with Gasteiger partial charge in [-0.05, 0) is 36.2 Å². The number of carbonyl (C=O) groups excluding carboxylic acids is 1. The van der Waals surface area contributed by atoms with Crippen LogP contribution in [0.3, 0.4) is 0 Å². The number of nitro benzene ring substituents is 1. The Morgan fingerprint density at radius 3 is 2.74 bits per heavy atom. The molecule has 0 aliphatic carbocycles. The van der Waals surface area contributed by atoms with Gasteiger partial charge in [0.25, 0.3) is 5.69 Å². The second-order valence-electron chi connectivity index (χ2n) is 7.28. The van der Waals surface area contributed by atoms with E-state index in [1.165, 1.54) is 19.2 Å². The van der Waals surface area contributed by atoms with E-state index in [2.05, 4.69) is 15.6 Å². The van der Waals surface area contributed by atoms with Gasteiger partial charge < -0.3 is 20.8 Å². The molecular weight excluding hydrogens is 406 g/mol. The largest absolute Gasteiger partial charge is 0.463 e. The number of benzene rings is 2. The van der Waals surface area contributed by atoms with Crippen LogP contribution in [0.4, 0.5) is 21.9 Å². The molecule has 1 fully saturated rings. The molecule has 3 rings (SSSR count). The van der Waals surface area contributed by atoms with Crippen molar-refractivity contribution in [3.8, 4) is 0 Å². The number of aliphatic imine (C=N–C) groups is 1. The Balaban J connectivity index is 1.94. The molecule has 0 aromatic heterocycles. The van der Waals surface area contributed by atoms with Gasteiger partial charge in [0.1, 0.15) is 5.69 Å². The van der Waals surface area contributed by atoms with Crippen molar-refractivity contribution in [3.63, 3.8) is 0 Å². The minimum atomic E-state index is -1.43. The molecule has 1 atom stereocenters. The number of aliphatic hydroxyl groups excluding tert-OH is 1. The standard InChI is InChI=1S/C20H21N5O6/c1-20(10-17(27)24(2)18(23-20)22-19(28)29)13-4-3-5-14(9-13)21-15-7-6-12(11-26)8-16(15)25(30)31/h3-9,21,26H,10-11H2,1-2H3,(H,22,23)(H,28,29)/t20-/m0/s1. The summed E-state index contributed by atoms with van der Waals surface area (Å²) in [6.07, 6.45) is -1.38. The number of nitrogens with zero attached hydrogens (tertiary/aromatic N) is 3. The Morgan fingerprint density at radius 2 is 2.10 bits per heavy atom. The zero-order chi connectivity index (χ0) is 22.8. The molecule has 11 nitrogen and oxygen atoms in total. The van der Waals surface area contributed by atoms with E-state index in [-0.39, 0.29) is 36.3 Å². The number of amides is 2. The minimum absolute atomic E-state index is 0.0525. The molecule has 2 aromatic carbocycles. The fourth-order valence-electron chi connectivity index (χ4n) is 3.31. The lowest BCUT2D eigenvalue weighted by Gasteiger charge is -2.40. The smallest absolute Gasteiger partial charge is 0.434 e. The maximum Gasteiger partial charge on any atom is 0.434 e. The number of nitrogens with one attached hydrogen (secondary N) is 2. The molecule has 0 bridgehead atoms. The number of anilines is 2. The molecule has 1 saturated heterocycles. The average Bonchev–Trinajstić information content (AvgIpc) is 2.71. The van der Waals surface area contributed by atoms with Crippen LogP contribution in [0.15, 0.2) is 47.5 Å². The van der Waals surface area contributed by atoms with Crippen molar-refractivity contribution in [2.45, 2.75) is 25.5 Å². The van der Waals surface area contributed by atoms with E-state index in [1.807, 2.05) is 0 Å². The number of aliphatic hydroxyl groups is 1. The zero-order valence-corrected chi connectivity index (χ0v) is 16.8. The summed E-state index contributed by atoms with van der Waals surface area (Å²) in [7, 11) is 1.43. The van der Waals surface area contributed by atoms with Gasteiger partial charge in [-0.1, -0.05) is 18.2 Å². The van der Waals surface area contributed by atoms with Crippen LogP contribution in [0.2, 0.25) is 0 Å². The third-order valence-corrected chi connectivity index (χ3v) is 5.01. The zero-order valence-electron chi connectivity index (χ0n) is 16.8. The van der Waals surface area contributed by atoms with E-state index in [1.54, 1.807) is 37.3 Å². The summed E-state index contributed by atoms with van der Waals surface area (Å²) in [5, 5.41) is 35.6. The second-order valence-corrected chi connectivity index (χ2v) is 7.28. The van der Waals surface area contributed by atoms with Crippen molar-refractivity contribution in [2.24, 2.45) is 4.99 Å². The fraction of sp³-hybridized carbons (Fsp3) is 0.250. The van der Waals surface area contributed by atoms with Crippen molar-refractivity contribution in [3.05, 3.63) is 63.7 Å². The Bertz CT molecular complexity index is 1090. The van der Waals surface area contributed by atoms with E-state index in [0.717, 1.165) is 4.90 Å². The van der Waals surface area contributed by atoms with Crippen LogP contribution >= 0.6 is 0 Å². The average molecular weight is 427 g/mol. The quantitative estimate of drug-likeness (QED) is 0.419. The van der Waals surface area contributed by atoms with Gasteiger partial charge in [0.2, 0.25) is 11.9 Å². The predicted molar refractivity (Wildman–Crippen MR) is 112 cm³/mol. The highest BCUT2D eigenvalue weighted by atomic mass is 16.6. The molecule has 0 radical (unpaired) electrons. The third kappa shape index (κ3) is 4.61. The topological polar surface area (TPSA) is 157 Å². The molecule has 31 heavy (non-hydrogen) atoms. The van der Waals surface area contributed by atoms with Crippen molar-refractivity contribution in [1.82, 2.24) is 10.2 Å². The highest BCUT2D eigenvalue weighted by Gasteiger charge is 2.39. The number of carboxylic acid groups (broad SMARTS) is 1. The number of nitro groups is 1. The molecule has 0 saturated carbocycles. The van der Waals surface area contributed by atoms with Gasteiger partial charge in [0.05, 0.1) is 23.5 Å². The summed E-state index contributed by atoms with van der Waals surface area (Å²) in [6.45, 7) is 1.43. The van der Waals surface area contributed by atoms with Gasteiger partial charge in [-0.25, -0.2) is 4.79 Å². The number of rotatable bonds is 5. The SMILES string of the molecule is CN1C(=O)C[C@@](C)(c2cccc(Nc3ccc(CO)cc3[N+](=O)[O-])c2)N/C1=N\C(=O)O. The molecule has 4 N–H and O–H groups in total. The minimum Gasteiger partial charge on any atom is -0.463 e. The lowest BCUT2D eigenvalue weighted by molar-refractivity contribution is -0.384. The van der Waals surface area contributed by atoms with E-state index in [9.17, 15) is 24.8 Å². The number of guanidine groups is 1. The summed E-state index contributed by atoms with van der Waals surface area (Å²) in [5.41, 5.74) is 0.715. The maximum atomic E-state index is 12.4. The van der Waals surface area contributed by atoms with Gasteiger partial charge >= 0.3 is 6.09 Å². The van der Waals surface area contributed by atoms with Crippen LogP contribution in [0.25, 0.3) is 0 Å². The van der Waals surface area contributed by atoms with Gasteiger partial charge in [-0.3, -0.25) is 19.8 Å². The summed E-state index contributed by atoms with van der Waals surface area (Å²) < 4.78 is 0. The Morgan fingerprint density at radius 1 is 1.35 bits per heavy atom. The van der Waals surface area contributed by atoms with Crippen molar-refractivity contribution < 1.29 is 24.7 Å². The molecule has 11 heteroatoms. The molecule has 162 valence electrons. The highest BCUT2D eigenvalue weighted by Crippen LogP contribution is 2.33. The summed E-state index contributed by atoms with van der Waals surface area (Å²) in [5.74, 6) is -0.394. The molecule has 1 heterocycles. The lowest BCUT2D eigenvalue weighted by atomic mass is 9.86. The molecule has 2 amide bonds. The van der Waals surface area contributed by atoms with Crippen molar-refractivity contribution >= 4 is 35.0 Å². The summed E-state index contributed by atoms with van der Waals surface area (Å²) in [4.78, 5) is 38.9. The number of hydrogen-bond donors (Lipinski definition) is 4. The van der Waals surface area contributed by atoms with Crippen molar-refractivity contribution in [1.29, 1.82) is 0 Å². The van der Waals surface area contributed by atoms with Gasteiger partial charge in [0, 0.05) is 18.8 Å². The molecular formula is C20H21N5O6.